The second kappa shape index (κ2) is 9.66. The minimum Gasteiger partial charge on any atom is -0.396 e. The minimum absolute atomic E-state index is 0.0172. The maximum Gasteiger partial charge on any atom is 0.223 e. The zero-order valence-electron chi connectivity index (χ0n) is 18.5. The van der Waals surface area contributed by atoms with E-state index >= 15 is 0 Å². The van der Waals surface area contributed by atoms with Gasteiger partial charge < -0.3 is 10.0 Å². The fourth-order valence-corrected chi connectivity index (χ4v) is 4.94. The van der Waals surface area contributed by atoms with Gasteiger partial charge in [0.1, 0.15) is 5.82 Å². The highest BCUT2D eigenvalue weighted by Gasteiger charge is 2.41. The molecular formula is C28H30FNO2. The van der Waals surface area contributed by atoms with Crippen molar-refractivity contribution in [2.24, 2.45) is 0 Å². The number of hydrogen-bond acceptors (Lipinski definition) is 2. The molecule has 32 heavy (non-hydrogen) atoms. The largest absolute Gasteiger partial charge is 0.396 e. The topological polar surface area (TPSA) is 40.5 Å². The number of aliphatic hydroxyl groups excluding tert-OH is 1. The van der Waals surface area contributed by atoms with Crippen molar-refractivity contribution in [2.75, 3.05) is 13.2 Å². The van der Waals surface area contributed by atoms with Crippen molar-refractivity contribution in [3.63, 3.8) is 0 Å². The lowest BCUT2D eigenvalue weighted by molar-refractivity contribution is -0.138. The first-order chi connectivity index (χ1) is 15.5. The molecule has 1 amide bonds. The normalized spacial score (nSPS) is 19.7. The SMILES string of the molecule is C[C@@H](c1ccc(-c2ccc(F)cc2)cc1)N1CC[C@](CCCO)(c2ccccc2)CC1=O. The summed E-state index contributed by atoms with van der Waals surface area (Å²) in [5.41, 5.74) is 4.07. The van der Waals surface area contributed by atoms with Crippen molar-refractivity contribution < 1.29 is 14.3 Å². The van der Waals surface area contributed by atoms with Crippen LogP contribution in [-0.2, 0) is 10.2 Å². The third-order valence-corrected chi connectivity index (χ3v) is 6.88. The lowest BCUT2D eigenvalue weighted by Gasteiger charge is -2.44. The monoisotopic (exact) mass is 431 g/mol. The molecule has 2 atom stereocenters. The first-order valence-corrected chi connectivity index (χ1v) is 11.3. The van der Waals surface area contributed by atoms with Gasteiger partial charge >= 0.3 is 0 Å². The van der Waals surface area contributed by atoms with Crippen molar-refractivity contribution in [1.29, 1.82) is 0 Å². The first kappa shape index (κ1) is 22.2. The van der Waals surface area contributed by atoms with Crippen LogP contribution in [0.1, 0.15) is 49.8 Å². The molecule has 166 valence electrons. The Bertz CT molecular complexity index is 1030. The van der Waals surface area contributed by atoms with Crippen LogP contribution in [0.2, 0.25) is 0 Å². The quantitative estimate of drug-likeness (QED) is 0.507. The number of amides is 1. The summed E-state index contributed by atoms with van der Waals surface area (Å²) in [6.45, 7) is 2.91. The Balaban J connectivity index is 1.50. The van der Waals surface area contributed by atoms with Crippen LogP contribution < -0.4 is 0 Å². The summed E-state index contributed by atoms with van der Waals surface area (Å²) in [4.78, 5) is 15.3. The van der Waals surface area contributed by atoms with Gasteiger partial charge in [0.05, 0.1) is 6.04 Å². The first-order valence-electron chi connectivity index (χ1n) is 11.3. The number of carbonyl (C=O) groups is 1. The summed E-state index contributed by atoms with van der Waals surface area (Å²) < 4.78 is 13.2. The average molecular weight is 432 g/mol. The second-order valence-corrected chi connectivity index (χ2v) is 8.79. The number of nitrogens with zero attached hydrogens (tertiary/aromatic N) is 1. The molecule has 4 heteroatoms. The van der Waals surface area contributed by atoms with Gasteiger partial charge in [-0.1, -0.05) is 66.7 Å². The molecule has 0 aromatic heterocycles. The molecule has 1 heterocycles. The zero-order chi connectivity index (χ0) is 22.6. The maximum atomic E-state index is 13.3. The lowest BCUT2D eigenvalue weighted by Crippen LogP contribution is -2.47. The zero-order valence-corrected chi connectivity index (χ0v) is 18.5. The molecule has 1 aliphatic rings. The summed E-state index contributed by atoms with van der Waals surface area (Å²) in [6.07, 6.45) is 2.87. The van der Waals surface area contributed by atoms with E-state index in [4.69, 9.17) is 0 Å². The molecule has 0 aliphatic carbocycles. The Hall–Kier alpha value is -2.98. The van der Waals surface area contributed by atoms with Crippen molar-refractivity contribution in [2.45, 2.75) is 44.1 Å². The number of hydrogen-bond donors (Lipinski definition) is 1. The fraction of sp³-hybridized carbons (Fsp3) is 0.321. The number of carbonyl (C=O) groups excluding carboxylic acids is 1. The predicted octanol–water partition coefficient (Wildman–Crippen LogP) is 5.89. The Morgan fingerprint density at radius 1 is 0.969 bits per heavy atom. The number of piperidine rings is 1. The van der Waals surface area contributed by atoms with Crippen LogP contribution in [-0.4, -0.2) is 29.1 Å². The highest BCUT2D eigenvalue weighted by Crippen LogP contribution is 2.42. The van der Waals surface area contributed by atoms with E-state index in [2.05, 4.69) is 31.2 Å². The van der Waals surface area contributed by atoms with Crippen molar-refractivity contribution in [3.05, 3.63) is 95.8 Å². The molecule has 1 N–H and O–H groups in total. The molecule has 1 fully saturated rings. The van der Waals surface area contributed by atoms with Crippen LogP contribution >= 0.6 is 0 Å². The number of aliphatic hydroxyl groups is 1. The van der Waals surface area contributed by atoms with Gasteiger partial charge in [0.25, 0.3) is 0 Å². The van der Waals surface area contributed by atoms with Crippen molar-refractivity contribution in [3.8, 4) is 11.1 Å². The molecular weight excluding hydrogens is 401 g/mol. The van der Waals surface area contributed by atoms with Gasteiger partial charge in [0.15, 0.2) is 0 Å². The van der Waals surface area contributed by atoms with Gasteiger partial charge in [-0.15, -0.1) is 0 Å². The van der Waals surface area contributed by atoms with E-state index in [0.29, 0.717) is 19.4 Å². The Morgan fingerprint density at radius 3 is 2.19 bits per heavy atom. The molecule has 3 aromatic rings. The van der Waals surface area contributed by atoms with Gasteiger partial charge in [-0.25, -0.2) is 4.39 Å². The predicted molar refractivity (Wildman–Crippen MR) is 126 cm³/mol. The molecule has 1 aliphatic heterocycles. The molecule has 0 bridgehead atoms. The second-order valence-electron chi connectivity index (χ2n) is 8.79. The van der Waals surface area contributed by atoms with Gasteiger partial charge in [0.2, 0.25) is 5.91 Å². The Kier molecular flexibility index (Phi) is 6.71. The molecule has 0 spiro atoms. The molecule has 3 aromatic carbocycles. The van der Waals surface area contributed by atoms with Gasteiger partial charge in [-0.05, 0) is 60.6 Å². The maximum absolute atomic E-state index is 13.3. The average Bonchev–Trinajstić information content (AvgIpc) is 2.83. The van der Waals surface area contributed by atoms with Crippen LogP contribution in [0.5, 0.6) is 0 Å². The number of benzene rings is 3. The van der Waals surface area contributed by atoms with E-state index < -0.39 is 0 Å². The molecule has 4 rings (SSSR count). The highest BCUT2D eigenvalue weighted by molar-refractivity contribution is 5.79. The number of rotatable bonds is 7. The Morgan fingerprint density at radius 2 is 1.59 bits per heavy atom. The third kappa shape index (κ3) is 4.61. The van der Waals surface area contributed by atoms with Crippen LogP contribution in [0, 0.1) is 5.82 Å². The highest BCUT2D eigenvalue weighted by atomic mass is 19.1. The summed E-state index contributed by atoms with van der Waals surface area (Å²) in [5.74, 6) is -0.0821. The molecule has 0 saturated carbocycles. The van der Waals surface area contributed by atoms with E-state index in [0.717, 1.165) is 29.5 Å². The van der Waals surface area contributed by atoms with Crippen LogP contribution in [0.15, 0.2) is 78.9 Å². The van der Waals surface area contributed by atoms with Crippen molar-refractivity contribution >= 4 is 5.91 Å². The summed E-state index contributed by atoms with van der Waals surface area (Å²) in [7, 11) is 0. The van der Waals surface area contributed by atoms with Gasteiger partial charge in [0, 0.05) is 25.0 Å². The van der Waals surface area contributed by atoms with E-state index in [1.54, 1.807) is 12.1 Å². The minimum atomic E-state index is -0.242. The van der Waals surface area contributed by atoms with Crippen molar-refractivity contribution in [1.82, 2.24) is 4.90 Å². The summed E-state index contributed by atoms with van der Waals surface area (Å²) in [5, 5.41) is 9.42. The van der Waals surface area contributed by atoms with Gasteiger partial charge in [-0.2, -0.15) is 0 Å². The van der Waals surface area contributed by atoms with Crippen LogP contribution in [0.3, 0.4) is 0 Å². The summed E-state index contributed by atoms with van der Waals surface area (Å²) >= 11 is 0. The Labute approximate surface area is 189 Å². The van der Waals surface area contributed by atoms with E-state index in [9.17, 15) is 14.3 Å². The molecule has 0 unspecified atom stereocenters. The molecule has 3 nitrogen and oxygen atoms in total. The van der Waals surface area contributed by atoms with Crippen LogP contribution in [0.25, 0.3) is 11.1 Å². The van der Waals surface area contributed by atoms with E-state index in [1.807, 2.05) is 35.2 Å². The molecule has 0 radical (unpaired) electrons. The fourth-order valence-electron chi connectivity index (χ4n) is 4.94. The van der Waals surface area contributed by atoms with Gasteiger partial charge in [-0.3, -0.25) is 4.79 Å². The third-order valence-electron chi connectivity index (χ3n) is 6.88. The lowest BCUT2D eigenvalue weighted by atomic mass is 9.69. The van der Waals surface area contributed by atoms with E-state index in [1.165, 1.54) is 17.7 Å². The molecule has 1 saturated heterocycles. The van der Waals surface area contributed by atoms with E-state index in [-0.39, 0.29) is 29.8 Å². The number of likely N-dealkylation sites (tertiary alicyclic amines) is 1. The number of halogens is 1. The van der Waals surface area contributed by atoms with Crippen LogP contribution in [0.4, 0.5) is 4.39 Å². The smallest absolute Gasteiger partial charge is 0.223 e. The summed E-state index contributed by atoms with van der Waals surface area (Å²) in [6, 6.07) is 24.9. The standard InChI is InChI=1S/C28H30FNO2/c1-21(22-8-10-23(11-9-22)24-12-14-26(29)15-13-24)30-18-17-28(16-5-19-31,20-27(30)32)25-6-3-2-4-7-25/h2-4,6-15,21,31H,5,16-20H2,1H3/t21-,28-/m0/s1.